The van der Waals surface area contributed by atoms with Gasteiger partial charge in [0.25, 0.3) is 0 Å². The molecule has 0 spiro atoms. The van der Waals surface area contributed by atoms with Crippen molar-refractivity contribution in [2.75, 3.05) is 5.73 Å². The number of nitrogens with two attached hydrogens (primary N) is 1. The summed E-state index contributed by atoms with van der Waals surface area (Å²) in [5.41, 5.74) is 4.07. The van der Waals surface area contributed by atoms with Crippen molar-refractivity contribution in [1.82, 2.24) is 4.98 Å². The van der Waals surface area contributed by atoms with Gasteiger partial charge in [0.1, 0.15) is 5.69 Å². The van der Waals surface area contributed by atoms with E-state index in [2.05, 4.69) is 4.98 Å². The van der Waals surface area contributed by atoms with E-state index in [1.807, 2.05) is 6.20 Å². The maximum atomic E-state index is 11.8. The molecule has 0 aliphatic rings. The quantitative estimate of drug-likeness (QED) is 0.625. The third-order valence-electron chi connectivity index (χ3n) is 1.01. The molecule has 2 N–H and O–H groups in total. The van der Waals surface area contributed by atoms with Gasteiger partial charge < -0.3 is 5.73 Å². The van der Waals surface area contributed by atoms with Crippen LogP contribution in [-0.4, -0.2) is 4.98 Å². The Labute approximate surface area is 60.9 Å². The number of anilines is 1. The normalized spacial score (nSPS) is 11.5. The molecule has 0 saturated carbocycles. The third kappa shape index (κ3) is 1.83. The molecule has 0 aliphatic heterocycles. The highest BCUT2D eigenvalue weighted by Gasteiger charge is 2.32. The summed E-state index contributed by atoms with van der Waals surface area (Å²) in [7, 11) is 0. The zero-order chi connectivity index (χ0) is 8.48. The zero-order valence-corrected chi connectivity index (χ0v) is 5.31. The average Bonchev–Trinajstić information content (AvgIpc) is 1.86. The monoisotopic (exact) mass is 161 g/mol. The SMILES string of the molecule is Nc1c[c]nc(C(F)(F)F)c1. The molecule has 0 amide bonds. The molecule has 59 valence electrons. The molecular weight excluding hydrogens is 157 g/mol. The van der Waals surface area contributed by atoms with E-state index in [9.17, 15) is 13.2 Å². The van der Waals surface area contributed by atoms with Gasteiger partial charge in [0, 0.05) is 5.69 Å². The molecule has 0 bridgehead atoms. The third-order valence-corrected chi connectivity index (χ3v) is 1.01. The van der Waals surface area contributed by atoms with Crippen molar-refractivity contribution in [3.63, 3.8) is 0 Å². The van der Waals surface area contributed by atoms with Gasteiger partial charge in [-0.1, -0.05) is 0 Å². The van der Waals surface area contributed by atoms with Crippen LogP contribution in [0.1, 0.15) is 5.69 Å². The van der Waals surface area contributed by atoms with Crippen molar-refractivity contribution in [2.24, 2.45) is 0 Å². The van der Waals surface area contributed by atoms with Crippen LogP contribution < -0.4 is 5.73 Å². The Hall–Kier alpha value is -1.26. The smallest absolute Gasteiger partial charge is 0.399 e. The van der Waals surface area contributed by atoms with Crippen LogP contribution in [0.15, 0.2) is 12.1 Å². The highest BCUT2D eigenvalue weighted by atomic mass is 19.4. The van der Waals surface area contributed by atoms with E-state index in [4.69, 9.17) is 5.73 Å². The van der Waals surface area contributed by atoms with Crippen molar-refractivity contribution < 1.29 is 13.2 Å². The van der Waals surface area contributed by atoms with Gasteiger partial charge in [-0.3, -0.25) is 0 Å². The lowest BCUT2D eigenvalue weighted by Gasteiger charge is -2.04. The fourth-order valence-corrected chi connectivity index (χ4v) is 0.553. The van der Waals surface area contributed by atoms with Crippen LogP contribution in [0.3, 0.4) is 0 Å². The number of nitrogen functional groups attached to an aromatic ring is 1. The maximum Gasteiger partial charge on any atom is 0.433 e. The van der Waals surface area contributed by atoms with Crippen LogP contribution in [0.2, 0.25) is 0 Å². The topological polar surface area (TPSA) is 38.9 Å². The fourth-order valence-electron chi connectivity index (χ4n) is 0.553. The van der Waals surface area contributed by atoms with Gasteiger partial charge in [0.05, 0.1) is 6.20 Å². The standard InChI is InChI=1S/C6H4F3N2/c7-6(8,9)5-3-4(10)1-2-11-5/h1,3H,(H2,10,11). The number of aromatic nitrogens is 1. The molecule has 2 nitrogen and oxygen atoms in total. The summed E-state index contributed by atoms with van der Waals surface area (Å²) in [6, 6.07) is 1.94. The lowest BCUT2D eigenvalue weighted by Crippen LogP contribution is -2.08. The Morgan fingerprint density at radius 1 is 1.45 bits per heavy atom. The average molecular weight is 161 g/mol. The van der Waals surface area contributed by atoms with Gasteiger partial charge in [-0.05, 0) is 12.1 Å². The molecular formula is C6H4F3N2. The predicted octanol–water partition coefficient (Wildman–Crippen LogP) is 1.48. The minimum atomic E-state index is -4.44. The Kier molecular flexibility index (Phi) is 1.72. The van der Waals surface area contributed by atoms with Crippen LogP contribution in [0, 0.1) is 6.20 Å². The molecule has 0 aliphatic carbocycles. The van der Waals surface area contributed by atoms with Gasteiger partial charge in [-0.25, -0.2) is 4.98 Å². The summed E-state index contributed by atoms with van der Waals surface area (Å²) in [4.78, 5) is 2.98. The van der Waals surface area contributed by atoms with Crippen molar-refractivity contribution in [3.05, 3.63) is 24.0 Å². The molecule has 0 saturated heterocycles. The summed E-state index contributed by atoms with van der Waals surface area (Å²) in [5.74, 6) is 0. The number of hydrogen-bond donors (Lipinski definition) is 1. The Morgan fingerprint density at radius 2 is 2.09 bits per heavy atom. The van der Waals surface area contributed by atoms with Crippen LogP contribution >= 0.6 is 0 Å². The van der Waals surface area contributed by atoms with Crippen molar-refractivity contribution in [1.29, 1.82) is 0 Å². The number of pyridine rings is 1. The first-order chi connectivity index (χ1) is 5.00. The van der Waals surface area contributed by atoms with Gasteiger partial charge in [-0.15, -0.1) is 0 Å². The second-order valence-corrected chi connectivity index (χ2v) is 1.91. The number of hydrogen-bond acceptors (Lipinski definition) is 2. The van der Waals surface area contributed by atoms with Gasteiger partial charge >= 0.3 is 6.18 Å². The maximum absolute atomic E-state index is 11.8. The molecule has 5 heteroatoms. The molecule has 0 unspecified atom stereocenters. The minimum Gasteiger partial charge on any atom is -0.399 e. The first-order valence-corrected chi connectivity index (χ1v) is 2.71. The van der Waals surface area contributed by atoms with Crippen molar-refractivity contribution in [2.45, 2.75) is 6.18 Å². The van der Waals surface area contributed by atoms with E-state index in [1.54, 1.807) is 0 Å². The molecule has 1 rings (SSSR count). The summed E-state index contributed by atoms with van der Waals surface area (Å²) >= 11 is 0. The summed E-state index contributed by atoms with van der Waals surface area (Å²) < 4.78 is 35.5. The Morgan fingerprint density at radius 3 is 2.45 bits per heavy atom. The highest BCUT2D eigenvalue weighted by Crippen LogP contribution is 2.27. The summed E-state index contributed by atoms with van der Waals surface area (Å²) in [5, 5.41) is 0. The van der Waals surface area contributed by atoms with E-state index in [0.29, 0.717) is 0 Å². The van der Waals surface area contributed by atoms with E-state index in [1.165, 1.54) is 6.07 Å². The van der Waals surface area contributed by atoms with Crippen molar-refractivity contribution in [3.8, 4) is 0 Å². The second kappa shape index (κ2) is 2.41. The number of alkyl halides is 3. The van der Waals surface area contributed by atoms with E-state index in [-0.39, 0.29) is 5.69 Å². The lowest BCUT2D eigenvalue weighted by molar-refractivity contribution is -0.141. The summed E-state index contributed by atoms with van der Waals surface area (Å²) in [6.07, 6.45) is -2.40. The predicted molar refractivity (Wildman–Crippen MR) is 32.5 cm³/mol. The second-order valence-electron chi connectivity index (χ2n) is 1.91. The first kappa shape index (κ1) is 7.84. The van der Waals surface area contributed by atoms with Gasteiger partial charge in [0.2, 0.25) is 0 Å². The molecule has 1 aromatic heterocycles. The van der Waals surface area contributed by atoms with Crippen LogP contribution in [0.5, 0.6) is 0 Å². The first-order valence-electron chi connectivity index (χ1n) is 2.71. The minimum absolute atomic E-state index is 0.00678. The zero-order valence-electron chi connectivity index (χ0n) is 5.31. The van der Waals surface area contributed by atoms with Crippen LogP contribution in [0.25, 0.3) is 0 Å². The molecule has 0 atom stereocenters. The molecule has 0 fully saturated rings. The van der Waals surface area contributed by atoms with E-state index < -0.39 is 11.9 Å². The number of halogens is 3. The molecule has 11 heavy (non-hydrogen) atoms. The highest BCUT2D eigenvalue weighted by molar-refractivity contribution is 5.37. The molecule has 1 radical (unpaired) electrons. The van der Waals surface area contributed by atoms with Crippen LogP contribution in [-0.2, 0) is 6.18 Å². The Balaban J connectivity index is 3.06. The van der Waals surface area contributed by atoms with Gasteiger partial charge in [-0.2, -0.15) is 13.2 Å². The number of rotatable bonds is 0. The summed E-state index contributed by atoms with van der Waals surface area (Å²) in [6.45, 7) is 0. The van der Waals surface area contributed by atoms with Crippen LogP contribution in [0.4, 0.5) is 18.9 Å². The molecule has 0 aromatic carbocycles. The van der Waals surface area contributed by atoms with Crippen molar-refractivity contribution >= 4 is 5.69 Å². The Bertz CT molecular complexity index is 256. The largest absolute Gasteiger partial charge is 0.433 e. The lowest BCUT2D eigenvalue weighted by atomic mass is 10.3. The molecule has 1 heterocycles. The van der Waals surface area contributed by atoms with E-state index >= 15 is 0 Å². The molecule has 1 aromatic rings. The fraction of sp³-hybridized carbons (Fsp3) is 0.167. The number of nitrogens with zero attached hydrogens (tertiary/aromatic N) is 1. The van der Waals surface area contributed by atoms with E-state index in [0.717, 1.165) is 6.07 Å². The van der Waals surface area contributed by atoms with Gasteiger partial charge in [0.15, 0.2) is 0 Å².